The second-order valence-electron chi connectivity index (χ2n) is 10.4. The average Bonchev–Trinajstić information content (AvgIpc) is 2.95. The summed E-state index contributed by atoms with van der Waals surface area (Å²) in [6, 6.07) is 15.6. The molecule has 8 heteroatoms. The van der Waals surface area contributed by atoms with Crippen LogP contribution >= 0.6 is 0 Å². The van der Waals surface area contributed by atoms with Gasteiger partial charge in [-0.05, 0) is 78.8 Å². The van der Waals surface area contributed by atoms with Gasteiger partial charge >= 0.3 is 0 Å². The minimum absolute atomic E-state index is 0.0480. The summed E-state index contributed by atoms with van der Waals surface area (Å²) in [5.74, 6) is -2.11. The van der Waals surface area contributed by atoms with Gasteiger partial charge in [0, 0.05) is 43.9 Å². The second-order valence-corrected chi connectivity index (χ2v) is 10.4. The van der Waals surface area contributed by atoms with Crippen molar-refractivity contribution in [3.8, 4) is 0 Å². The Hall–Kier alpha value is -3.62. The highest BCUT2D eigenvalue weighted by atomic mass is 19.1. The van der Waals surface area contributed by atoms with Crippen molar-refractivity contribution in [2.75, 3.05) is 20.1 Å². The van der Waals surface area contributed by atoms with Crippen LogP contribution in [-0.2, 0) is 19.4 Å². The molecule has 2 atom stereocenters. The van der Waals surface area contributed by atoms with E-state index >= 15 is 0 Å². The lowest BCUT2D eigenvalue weighted by Gasteiger charge is -2.36. The van der Waals surface area contributed by atoms with Crippen LogP contribution < -0.4 is 10.6 Å². The minimum atomic E-state index is -1.04. The molecule has 41 heavy (non-hydrogen) atoms. The molecular weight excluding hydrogens is 524 g/mol. The summed E-state index contributed by atoms with van der Waals surface area (Å²) in [5, 5.41) is 17.3. The average molecular weight is 566 g/mol. The first kappa shape index (κ1) is 31.9. The molecular formula is C33H41F2N3O3. The van der Waals surface area contributed by atoms with Crippen LogP contribution in [0.4, 0.5) is 8.78 Å². The molecule has 0 aliphatic carbocycles. The first-order chi connectivity index (χ1) is 19.6. The van der Waals surface area contributed by atoms with Crippen molar-refractivity contribution in [1.82, 2.24) is 15.5 Å². The van der Waals surface area contributed by atoms with Crippen LogP contribution in [0.3, 0.4) is 0 Å². The van der Waals surface area contributed by atoms with Gasteiger partial charge in [-0.15, -0.1) is 0 Å². The Balaban J connectivity index is 1.94. The van der Waals surface area contributed by atoms with E-state index in [1.54, 1.807) is 24.0 Å². The second kappa shape index (κ2) is 15.4. The van der Waals surface area contributed by atoms with Gasteiger partial charge in [0.2, 0.25) is 0 Å². The number of aryl methyl sites for hydroxylation is 2. The monoisotopic (exact) mass is 565 g/mol. The van der Waals surface area contributed by atoms with E-state index in [9.17, 15) is 23.5 Å². The van der Waals surface area contributed by atoms with Crippen LogP contribution in [0.15, 0.2) is 60.7 Å². The molecule has 6 nitrogen and oxygen atoms in total. The zero-order valence-corrected chi connectivity index (χ0v) is 24.3. The molecule has 0 heterocycles. The lowest BCUT2D eigenvalue weighted by molar-refractivity contribution is 0.0349. The Morgan fingerprint density at radius 3 is 2.27 bits per heavy atom. The van der Waals surface area contributed by atoms with Crippen molar-refractivity contribution in [1.29, 1.82) is 0 Å². The third-order valence-electron chi connectivity index (χ3n) is 7.12. The van der Waals surface area contributed by atoms with E-state index in [1.165, 1.54) is 30.8 Å². The predicted molar refractivity (Wildman–Crippen MR) is 158 cm³/mol. The first-order valence-electron chi connectivity index (χ1n) is 14.2. The van der Waals surface area contributed by atoms with Gasteiger partial charge in [0.25, 0.3) is 11.8 Å². The smallest absolute Gasteiger partial charge is 0.254 e. The van der Waals surface area contributed by atoms with Crippen LogP contribution in [0, 0.1) is 18.6 Å². The van der Waals surface area contributed by atoms with Crippen LogP contribution in [0.25, 0.3) is 0 Å². The van der Waals surface area contributed by atoms with Crippen molar-refractivity contribution >= 4 is 11.8 Å². The molecule has 0 aliphatic rings. The zero-order valence-electron chi connectivity index (χ0n) is 24.3. The van der Waals surface area contributed by atoms with Crippen molar-refractivity contribution in [3.63, 3.8) is 0 Å². The lowest BCUT2D eigenvalue weighted by atomic mass is 9.96. The number of hydrogen-bond acceptors (Lipinski definition) is 4. The standard InChI is InChI=1S/C33H41F2N3O3/c1-5-7-11-38(33(41)27-13-22(3)12-26(18-27)32(40)36-4)30(17-25-15-28(34)19-29(35)16-25)31(39)21-37-20-24-10-8-9-23(6-2)14-24/h8-10,12-16,18-19,30-31,37,39H,5-7,11,17,20-21H2,1-4H3,(H,36,40)/t30-,31+/m0/s1. The van der Waals surface area contributed by atoms with E-state index in [0.717, 1.165) is 30.0 Å². The van der Waals surface area contributed by atoms with Gasteiger partial charge in [-0.25, -0.2) is 8.78 Å². The van der Waals surface area contributed by atoms with E-state index in [1.807, 2.05) is 19.1 Å². The Morgan fingerprint density at radius 1 is 0.927 bits per heavy atom. The largest absolute Gasteiger partial charge is 0.390 e. The third kappa shape index (κ3) is 9.20. The molecule has 3 N–H and O–H groups in total. The highest BCUT2D eigenvalue weighted by Gasteiger charge is 2.31. The molecule has 2 amide bonds. The number of nitrogens with one attached hydrogen (secondary N) is 2. The molecule has 0 aliphatic heterocycles. The van der Waals surface area contributed by atoms with Gasteiger partial charge in [0.1, 0.15) is 11.6 Å². The summed E-state index contributed by atoms with van der Waals surface area (Å²) in [4.78, 5) is 27.9. The highest BCUT2D eigenvalue weighted by Crippen LogP contribution is 2.21. The normalized spacial score (nSPS) is 12.6. The van der Waals surface area contributed by atoms with Gasteiger partial charge < -0.3 is 20.6 Å². The number of rotatable bonds is 14. The van der Waals surface area contributed by atoms with Crippen LogP contribution in [0.5, 0.6) is 0 Å². The number of carbonyl (C=O) groups excluding carboxylic acids is 2. The van der Waals surface area contributed by atoms with Gasteiger partial charge in [-0.1, -0.05) is 44.5 Å². The molecule has 3 aromatic carbocycles. The number of nitrogens with zero attached hydrogens (tertiary/aromatic N) is 1. The third-order valence-corrected chi connectivity index (χ3v) is 7.12. The molecule has 0 fully saturated rings. The van der Waals surface area contributed by atoms with Crippen molar-refractivity contribution in [3.05, 3.63) is 106 Å². The number of halogens is 2. The van der Waals surface area contributed by atoms with Crippen LogP contribution in [0.1, 0.15) is 69.7 Å². The van der Waals surface area contributed by atoms with Gasteiger partial charge in [0.05, 0.1) is 12.1 Å². The molecule has 0 radical (unpaired) electrons. The Labute approximate surface area is 241 Å². The summed E-state index contributed by atoms with van der Waals surface area (Å²) < 4.78 is 28.2. The first-order valence-corrected chi connectivity index (χ1v) is 14.2. The van der Waals surface area contributed by atoms with Gasteiger partial charge in [-0.3, -0.25) is 9.59 Å². The maximum atomic E-state index is 14.1. The Bertz CT molecular complexity index is 1310. The van der Waals surface area contributed by atoms with Gasteiger partial charge in [0.15, 0.2) is 0 Å². The van der Waals surface area contributed by atoms with E-state index in [4.69, 9.17) is 0 Å². The van der Waals surface area contributed by atoms with Crippen LogP contribution in [-0.4, -0.2) is 54.1 Å². The van der Waals surface area contributed by atoms with Crippen molar-refractivity contribution in [2.45, 2.75) is 65.1 Å². The Kier molecular flexibility index (Phi) is 12.0. The molecule has 3 aromatic rings. The van der Waals surface area contributed by atoms with E-state index in [-0.39, 0.29) is 24.8 Å². The van der Waals surface area contributed by atoms with Crippen LogP contribution in [0.2, 0.25) is 0 Å². The van der Waals surface area contributed by atoms with E-state index in [0.29, 0.717) is 36.2 Å². The summed E-state index contributed by atoms with van der Waals surface area (Å²) in [7, 11) is 1.52. The number of aliphatic hydroxyl groups excluding tert-OH is 1. The molecule has 0 aromatic heterocycles. The summed E-state index contributed by atoms with van der Waals surface area (Å²) >= 11 is 0. The quantitative estimate of drug-likeness (QED) is 0.251. The molecule has 0 bridgehead atoms. The number of carbonyl (C=O) groups is 2. The van der Waals surface area contributed by atoms with Crippen molar-refractivity contribution in [2.24, 2.45) is 0 Å². The molecule has 0 saturated heterocycles. The number of unbranched alkanes of at least 4 members (excludes halogenated alkanes) is 1. The highest BCUT2D eigenvalue weighted by molar-refractivity contribution is 6.00. The maximum Gasteiger partial charge on any atom is 0.254 e. The number of aliphatic hydroxyl groups is 1. The summed E-state index contributed by atoms with van der Waals surface area (Å²) in [5.41, 5.74) is 4.03. The summed E-state index contributed by atoms with van der Waals surface area (Å²) in [6.45, 7) is 6.90. The van der Waals surface area contributed by atoms with Gasteiger partial charge in [-0.2, -0.15) is 0 Å². The fourth-order valence-corrected chi connectivity index (χ4v) is 4.98. The lowest BCUT2D eigenvalue weighted by Crippen LogP contribution is -2.51. The van der Waals surface area contributed by atoms with E-state index in [2.05, 4.69) is 29.7 Å². The number of amides is 2. The zero-order chi connectivity index (χ0) is 29.9. The topological polar surface area (TPSA) is 81.7 Å². The predicted octanol–water partition coefficient (Wildman–Crippen LogP) is 5.20. The Morgan fingerprint density at radius 2 is 1.61 bits per heavy atom. The SMILES string of the molecule is CCCCN(C(=O)c1cc(C)cc(C(=O)NC)c1)[C@@H](Cc1cc(F)cc(F)c1)[C@H](O)CNCc1cccc(CC)c1. The van der Waals surface area contributed by atoms with Crippen molar-refractivity contribution < 1.29 is 23.5 Å². The van der Waals surface area contributed by atoms with E-state index < -0.39 is 23.8 Å². The molecule has 0 unspecified atom stereocenters. The fraction of sp³-hybridized carbons (Fsp3) is 0.394. The number of benzene rings is 3. The molecule has 3 rings (SSSR count). The maximum absolute atomic E-state index is 14.1. The fourth-order valence-electron chi connectivity index (χ4n) is 4.98. The molecule has 0 saturated carbocycles. The summed E-state index contributed by atoms with van der Waals surface area (Å²) in [6.07, 6.45) is 1.38. The molecule has 220 valence electrons. The molecule has 0 spiro atoms. The number of hydrogen-bond donors (Lipinski definition) is 3. The minimum Gasteiger partial charge on any atom is -0.390 e.